The zero-order chi connectivity index (χ0) is 21.7. The van der Waals surface area contributed by atoms with Gasteiger partial charge in [0.15, 0.2) is 0 Å². The maximum Gasteiger partial charge on any atom is 0.213 e. The first kappa shape index (κ1) is 23.1. The molecular formula is C23H31ClN2O3S. The molecule has 2 aromatic rings. The van der Waals surface area contributed by atoms with Crippen molar-refractivity contribution in [2.45, 2.75) is 44.6 Å². The zero-order valence-corrected chi connectivity index (χ0v) is 19.3. The monoisotopic (exact) mass is 450 g/mol. The van der Waals surface area contributed by atoms with Gasteiger partial charge in [0.1, 0.15) is 12.4 Å². The Labute approximate surface area is 185 Å². The van der Waals surface area contributed by atoms with Gasteiger partial charge in [0, 0.05) is 30.6 Å². The van der Waals surface area contributed by atoms with Crippen molar-refractivity contribution in [3.63, 3.8) is 0 Å². The lowest BCUT2D eigenvalue weighted by Crippen LogP contribution is -2.34. The molecule has 0 fully saturated rings. The summed E-state index contributed by atoms with van der Waals surface area (Å²) in [6.07, 6.45) is 3.35. The van der Waals surface area contributed by atoms with Gasteiger partial charge in [-0.25, -0.2) is 12.7 Å². The van der Waals surface area contributed by atoms with Crippen molar-refractivity contribution in [2.24, 2.45) is 5.73 Å². The Morgan fingerprint density at radius 1 is 1.23 bits per heavy atom. The molecule has 7 heteroatoms. The minimum Gasteiger partial charge on any atom is -0.492 e. The summed E-state index contributed by atoms with van der Waals surface area (Å²) in [6, 6.07) is 14.2. The highest BCUT2D eigenvalue weighted by Gasteiger charge is 2.28. The first-order chi connectivity index (χ1) is 14.3. The molecule has 3 rings (SSSR count). The van der Waals surface area contributed by atoms with Crippen LogP contribution in [0.3, 0.4) is 0 Å². The summed E-state index contributed by atoms with van der Waals surface area (Å²) < 4.78 is 31.4. The first-order valence-electron chi connectivity index (χ1n) is 10.5. The number of benzene rings is 2. The van der Waals surface area contributed by atoms with Gasteiger partial charge in [-0.1, -0.05) is 36.7 Å². The number of hydrogen-bond donors (Lipinski definition) is 1. The van der Waals surface area contributed by atoms with Crippen LogP contribution in [0.1, 0.15) is 42.4 Å². The number of hydrogen-bond acceptors (Lipinski definition) is 4. The number of nitrogens with zero attached hydrogens (tertiary/aromatic N) is 1. The Kier molecular flexibility index (Phi) is 7.80. The van der Waals surface area contributed by atoms with Crippen molar-refractivity contribution in [1.29, 1.82) is 0 Å². The molecule has 30 heavy (non-hydrogen) atoms. The molecule has 1 aliphatic rings. The summed E-state index contributed by atoms with van der Waals surface area (Å²) in [5.41, 5.74) is 10.2. The summed E-state index contributed by atoms with van der Waals surface area (Å²) in [5.74, 6) is 1.11. The third-order valence-electron chi connectivity index (χ3n) is 5.74. The smallest absolute Gasteiger partial charge is 0.213 e. The third kappa shape index (κ3) is 5.76. The van der Waals surface area contributed by atoms with Crippen LogP contribution < -0.4 is 10.5 Å². The summed E-state index contributed by atoms with van der Waals surface area (Å²) >= 11 is 6.16. The van der Waals surface area contributed by atoms with E-state index in [9.17, 15) is 8.42 Å². The molecule has 0 bridgehead atoms. The topological polar surface area (TPSA) is 72.6 Å². The van der Waals surface area contributed by atoms with E-state index in [0.717, 1.165) is 30.0 Å². The van der Waals surface area contributed by atoms with Gasteiger partial charge in [-0.15, -0.1) is 0 Å². The van der Waals surface area contributed by atoms with Crippen LogP contribution >= 0.6 is 11.6 Å². The number of nitrogens with two attached hydrogens (primary N) is 1. The maximum absolute atomic E-state index is 12.1. The molecule has 0 radical (unpaired) electrons. The van der Waals surface area contributed by atoms with Gasteiger partial charge in [-0.3, -0.25) is 0 Å². The van der Waals surface area contributed by atoms with Crippen molar-refractivity contribution in [2.75, 3.05) is 26.0 Å². The van der Waals surface area contributed by atoms with Crippen molar-refractivity contribution in [1.82, 2.24) is 4.31 Å². The normalized spacial score (nSPS) is 19.0. The van der Waals surface area contributed by atoms with Crippen LogP contribution in [0.25, 0.3) is 0 Å². The number of ether oxygens (including phenoxy) is 1. The lowest BCUT2D eigenvalue weighted by atomic mass is 9.76. The second-order valence-electron chi connectivity index (χ2n) is 7.99. The van der Waals surface area contributed by atoms with Gasteiger partial charge in [-0.05, 0) is 66.6 Å². The van der Waals surface area contributed by atoms with E-state index >= 15 is 0 Å². The van der Waals surface area contributed by atoms with Crippen LogP contribution in [0.2, 0.25) is 5.02 Å². The highest BCUT2D eigenvalue weighted by molar-refractivity contribution is 7.89. The number of likely N-dealkylation sites (N-methyl/N-ethyl adjacent to an activating group) is 1. The number of aryl methyl sites for hydroxylation is 1. The number of rotatable bonds is 9. The van der Waals surface area contributed by atoms with Crippen molar-refractivity contribution >= 4 is 21.6 Å². The molecule has 164 valence electrons. The highest BCUT2D eigenvalue weighted by Crippen LogP contribution is 2.36. The molecule has 1 aliphatic carbocycles. The molecule has 0 heterocycles. The fraction of sp³-hybridized carbons (Fsp3) is 0.478. The van der Waals surface area contributed by atoms with Gasteiger partial charge < -0.3 is 10.5 Å². The summed E-state index contributed by atoms with van der Waals surface area (Å²) in [4.78, 5) is 0. The van der Waals surface area contributed by atoms with Gasteiger partial charge in [0.05, 0.1) is 5.75 Å². The zero-order valence-electron chi connectivity index (χ0n) is 17.7. The molecule has 0 amide bonds. The van der Waals surface area contributed by atoms with E-state index < -0.39 is 10.0 Å². The number of halogens is 1. The van der Waals surface area contributed by atoms with E-state index in [-0.39, 0.29) is 17.7 Å². The van der Waals surface area contributed by atoms with Crippen molar-refractivity contribution in [3.05, 3.63) is 64.2 Å². The first-order valence-corrected chi connectivity index (χ1v) is 12.5. The Hall–Kier alpha value is -1.60. The average molecular weight is 451 g/mol. The summed E-state index contributed by atoms with van der Waals surface area (Å²) in [6.45, 7) is 2.49. The second kappa shape index (κ2) is 10.1. The van der Waals surface area contributed by atoms with E-state index in [4.69, 9.17) is 22.1 Å². The molecule has 5 nitrogen and oxygen atoms in total. The Morgan fingerprint density at radius 2 is 2.03 bits per heavy atom. The van der Waals surface area contributed by atoms with Crippen LogP contribution in [-0.2, 0) is 22.9 Å². The quantitative estimate of drug-likeness (QED) is 0.626. The fourth-order valence-corrected chi connectivity index (χ4v) is 5.41. The molecule has 0 aliphatic heterocycles. The molecule has 0 saturated carbocycles. The van der Waals surface area contributed by atoms with E-state index in [1.807, 2.05) is 31.2 Å². The van der Waals surface area contributed by atoms with E-state index in [2.05, 4.69) is 18.2 Å². The van der Waals surface area contributed by atoms with E-state index in [0.29, 0.717) is 19.6 Å². The van der Waals surface area contributed by atoms with Crippen LogP contribution in [0, 0.1) is 0 Å². The minimum atomic E-state index is -3.21. The van der Waals surface area contributed by atoms with Crippen LogP contribution in [-0.4, -0.2) is 44.7 Å². The number of sulfonamides is 1. The molecule has 2 N–H and O–H groups in total. The Bertz CT molecular complexity index is 965. The predicted octanol–water partition coefficient (Wildman–Crippen LogP) is 3.99. The summed E-state index contributed by atoms with van der Waals surface area (Å²) in [5, 5.41) is 0.733. The SMILES string of the molecule is CCCS(=O)(=O)N(C)CCOc1ccc2c(c1)C(Cc1cccc(Cl)c1)C(N)CC2. The molecule has 2 aromatic carbocycles. The molecule has 2 unspecified atom stereocenters. The molecule has 2 atom stereocenters. The van der Waals surface area contributed by atoms with Gasteiger partial charge >= 0.3 is 0 Å². The molecular weight excluding hydrogens is 420 g/mol. The van der Waals surface area contributed by atoms with Crippen LogP contribution in [0.4, 0.5) is 0 Å². The Morgan fingerprint density at radius 3 is 2.77 bits per heavy atom. The lowest BCUT2D eigenvalue weighted by Gasteiger charge is -2.32. The van der Waals surface area contributed by atoms with E-state index in [1.165, 1.54) is 21.0 Å². The molecule has 0 aromatic heterocycles. The average Bonchev–Trinajstić information content (AvgIpc) is 2.70. The van der Waals surface area contributed by atoms with Gasteiger partial charge in [0.25, 0.3) is 0 Å². The largest absolute Gasteiger partial charge is 0.492 e. The predicted molar refractivity (Wildman–Crippen MR) is 123 cm³/mol. The van der Waals surface area contributed by atoms with Gasteiger partial charge in [0.2, 0.25) is 10.0 Å². The lowest BCUT2D eigenvalue weighted by molar-refractivity contribution is 0.286. The third-order valence-corrected chi connectivity index (χ3v) is 8.03. The second-order valence-corrected chi connectivity index (χ2v) is 10.6. The molecule has 0 spiro atoms. The molecule has 0 saturated heterocycles. The summed E-state index contributed by atoms with van der Waals surface area (Å²) in [7, 11) is -1.61. The Balaban J connectivity index is 1.70. The van der Waals surface area contributed by atoms with Gasteiger partial charge in [-0.2, -0.15) is 0 Å². The highest BCUT2D eigenvalue weighted by atomic mass is 35.5. The van der Waals surface area contributed by atoms with Crippen LogP contribution in [0.5, 0.6) is 5.75 Å². The fourth-order valence-electron chi connectivity index (χ4n) is 4.01. The minimum absolute atomic E-state index is 0.0806. The standard InChI is InChI=1S/C23H31ClN2O3S/c1-3-13-30(27,28)26(2)11-12-29-20-9-7-18-8-10-23(25)22(21(18)16-20)15-17-5-4-6-19(24)14-17/h4-7,9,14,16,22-23H,3,8,10-13,15,25H2,1-2H3. The maximum atomic E-state index is 12.1. The van der Waals surface area contributed by atoms with Crippen molar-refractivity contribution in [3.8, 4) is 5.75 Å². The number of fused-ring (bicyclic) bond motifs is 1. The van der Waals surface area contributed by atoms with Crippen LogP contribution in [0.15, 0.2) is 42.5 Å². The van der Waals surface area contributed by atoms with E-state index in [1.54, 1.807) is 7.05 Å². The van der Waals surface area contributed by atoms with Crippen molar-refractivity contribution < 1.29 is 13.2 Å².